The lowest BCUT2D eigenvalue weighted by atomic mass is 9.74. The molecule has 0 radical (unpaired) electrons. The molecule has 25 heavy (non-hydrogen) atoms. The third-order valence-corrected chi connectivity index (χ3v) is 4.80. The third kappa shape index (κ3) is 4.04. The molecule has 0 unspecified atom stereocenters. The summed E-state index contributed by atoms with van der Waals surface area (Å²) >= 11 is 0. The number of rotatable bonds is 6. The molecule has 0 bridgehead atoms. The lowest BCUT2D eigenvalue weighted by Gasteiger charge is -2.33. The Bertz CT molecular complexity index is 736. The van der Waals surface area contributed by atoms with Gasteiger partial charge in [-0.05, 0) is 12.8 Å². The number of aliphatic carboxylic acids is 1. The molecule has 1 amide bonds. The highest BCUT2D eigenvalue weighted by Gasteiger charge is 2.39. The van der Waals surface area contributed by atoms with E-state index in [1.165, 1.54) is 4.68 Å². The number of benzene rings is 1. The number of nitrogens with zero attached hydrogens (tertiary/aromatic N) is 3. The highest BCUT2D eigenvalue weighted by Crippen LogP contribution is 2.35. The Morgan fingerprint density at radius 1 is 1.16 bits per heavy atom. The van der Waals surface area contributed by atoms with Crippen molar-refractivity contribution >= 4 is 11.9 Å². The van der Waals surface area contributed by atoms with Crippen molar-refractivity contribution in [2.45, 2.75) is 38.6 Å². The van der Waals surface area contributed by atoms with Crippen LogP contribution in [-0.2, 0) is 16.1 Å². The van der Waals surface area contributed by atoms with Gasteiger partial charge in [0, 0.05) is 12.1 Å². The summed E-state index contributed by atoms with van der Waals surface area (Å²) < 4.78 is 1.46. The minimum Gasteiger partial charge on any atom is -0.481 e. The highest BCUT2D eigenvalue weighted by molar-refractivity contribution is 5.79. The van der Waals surface area contributed by atoms with Crippen LogP contribution < -0.4 is 5.32 Å². The van der Waals surface area contributed by atoms with Crippen LogP contribution in [0.1, 0.15) is 32.1 Å². The Kier molecular flexibility index (Phi) is 5.11. The highest BCUT2D eigenvalue weighted by atomic mass is 16.4. The molecule has 1 aromatic carbocycles. The maximum atomic E-state index is 12.2. The van der Waals surface area contributed by atoms with E-state index in [-0.39, 0.29) is 19.0 Å². The summed E-state index contributed by atoms with van der Waals surface area (Å²) in [6, 6.07) is 9.60. The first-order chi connectivity index (χ1) is 12.1. The fourth-order valence-corrected chi connectivity index (χ4v) is 3.28. The van der Waals surface area contributed by atoms with Crippen LogP contribution in [0, 0.1) is 5.41 Å². The number of carboxylic acids is 1. The van der Waals surface area contributed by atoms with E-state index in [1.54, 1.807) is 6.20 Å². The van der Waals surface area contributed by atoms with Gasteiger partial charge in [0.2, 0.25) is 5.91 Å². The number of hydrogen-bond acceptors (Lipinski definition) is 4. The van der Waals surface area contributed by atoms with Gasteiger partial charge in [0.1, 0.15) is 12.2 Å². The van der Waals surface area contributed by atoms with E-state index in [2.05, 4.69) is 15.6 Å². The number of carbonyl (C=O) groups is 2. The van der Waals surface area contributed by atoms with Gasteiger partial charge in [0.25, 0.3) is 0 Å². The van der Waals surface area contributed by atoms with Crippen LogP contribution in [0.25, 0.3) is 11.3 Å². The summed E-state index contributed by atoms with van der Waals surface area (Å²) in [6.45, 7) is 0.191. The molecule has 1 saturated carbocycles. The van der Waals surface area contributed by atoms with Gasteiger partial charge in [0.15, 0.2) is 0 Å². The number of carboxylic acid groups (broad SMARTS) is 1. The van der Waals surface area contributed by atoms with Gasteiger partial charge in [-0.1, -0.05) is 54.8 Å². The summed E-state index contributed by atoms with van der Waals surface area (Å²) in [5.74, 6) is -1.07. The predicted octanol–water partition coefficient (Wildman–Crippen LogP) is 2.10. The van der Waals surface area contributed by atoms with Crippen LogP contribution in [0.4, 0.5) is 0 Å². The maximum Gasteiger partial charge on any atom is 0.311 e. The molecule has 132 valence electrons. The smallest absolute Gasteiger partial charge is 0.311 e. The summed E-state index contributed by atoms with van der Waals surface area (Å²) in [7, 11) is 0. The first-order valence-corrected chi connectivity index (χ1v) is 8.55. The second-order valence-corrected chi connectivity index (χ2v) is 6.59. The quantitative estimate of drug-likeness (QED) is 0.838. The first-order valence-electron chi connectivity index (χ1n) is 8.55. The van der Waals surface area contributed by atoms with Gasteiger partial charge in [-0.15, -0.1) is 5.10 Å². The predicted molar refractivity (Wildman–Crippen MR) is 91.6 cm³/mol. The first kappa shape index (κ1) is 17.1. The molecule has 0 saturated heterocycles. The Balaban J connectivity index is 1.58. The van der Waals surface area contributed by atoms with E-state index in [0.717, 1.165) is 24.8 Å². The van der Waals surface area contributed by atoms with Crippen molar-refractivity contribution in [3.05, 3.63) is 36.5 Å². The molecular formula is C18H22N4O3. The summed E-state index contributed by atoms with van der Waals surface area (Å²) in [5.41, 5.74) is 0.801. The second kappa shape index (κ2) is 7.46. The minimum atomic E-state index is -0.828. The average Bonchev–Trinajstić information content (AvgIpc) is 3.10. The lowest BCUT2D eigenvalue weighted by molar-refractivity contribution is -0.151. The maximum absolute atomic E-state index is 12.2. The van der Waals surface area contributed by atoms with Crippen molar-refractivity contribution in [2.75, 3.05) is 6.54 Å². The van der Waals surface area contributed by atoms with Crippen molar-refractivity contribution < 1.29 is 14.7 Å². The van der Waals surface area contributed by atoms with Crippen molar-refractivity contribution in [1.29, 1.82) is 0 Å². The van der Waals surface area contributed by atoms with Gasteiger partial charge in [-0.3, -0.25) is 9.59 Å². The Morgan fingerprint density at radius 3 is 2.56 bits per heavy atom. The Morgan fingerprint density at radius 2 is 1.88 bits per heavy atom. The molecule has 2 aromatic rings. The number of amides is 1. The van der Waals surface area contributed by atoms with E-state index >= 15 is 0 Å². The number of aromatic nitrogens is 3. The monoisotopic (exact) mass is 342 g/mol. The van der Waals surface area contributed by atoms with Crippen LogP contribution in [0.5, 0.6) is 0 Å². The topological polar surface area (TPSA) is 97.1 Å². The van der Waals surface area contributed by atoms with E-state index in [0.29, 0.717) is 18.5 Å². The van der Waals surface area contributed by atoms with E-state index in [4.69, 9.17) is 0 Å². The zero-order valence-corrected chi connectivity index (χ0v) is 14.0. The van der Waals surface area contributed by atoms with Crippen LogP contribution in [0.15, 0.2) is 36.5 Å². The van der Waals surface area contributed by atoms with Crippen molar-refractivity contribution in [1.82, 2.24) is 20.3 Å². The molecule has 1 aliphatic carbocycles. The zero-order valence-electron chi connectivity index (χ0n) is 14.0. The van der Waals surface area contributed by atoms with Crippen molar-refractivity contribution in [2.24, 2.45) is 5.41 Å². The van der Waals surface area contributed by atoms with E-state index in [1.807, 2.05) is 30.3 Å². The molecule has 3 rings (SSSR count). The largest absolute Gasteiger partial charge is 0.481 e. The van der Waals surface area contributed by atoms with Crippen molar-refractivity contribution in [3.63, 3.8) is 0 Å². The fraction of sp³-hybridized carbons (Fsp3) is 0.444. The number of carbonyl (C=O) groups excluding carboxylic acids is 1. The van der Waals surface area contributed by atoms with Gasteiger partial charge in [-0.2, -0.15) is 0 Å². The van der Waals surface area contributed by atoms with E-state index in [9.17, 15) is 14.7 Å². The summed E-state index contributed by atoms with van der Waals surface area (Å²) in [5, 5.41) is 20.3. The van der Waals surface area contributed by atoms with Crippen LogP contribution >= 0.6 is 0 Å². The van der Waals surface area contributed by atoms with Crippen LogP contribution in [0.2, 0.25) is 0 Å². The average molecular weight is 342 g/mol. The van der Waals surface area contributed by atoms with Crippen molar-refractivity contribution in [3.8, 4) is 11.3 Å². The Labute approximate surface area is 146 Å². The SMILES string of the molecule is O=C(Cn1cc(-c2ccccc2)nn1)NCC1(C(=O)O)CCCCC1. The van der Waals surface area contributed by atoms with E-state index < -0.39 is 11.4 Å². The summed E-state index contributed by atoms with van der Waals surface area (Å²) in [6.07, 6.45) is 5.79. The molecular weight excluding hydrogens is 320 g/mol. The molecule has 1 heterocycles. The molecule has 1 fully saturated rings. The molecule has 7 heteroatoms. The Hall–Kier alpha value is -2.70. The molecule has 2 N–H and O–H groups in total. The van der Waals surface area contributed by atoms with Gasteiger partial charge < -0.3 is 10.4 Å². The molecule has 0 spiro atoms. The molecule has 7 nitrogen and oxygen atoms in total. The third-order valence-electron chi connectivity index (χ3n) is 4.80. The molecule has 0 atom stereocenters. The number of nitrogens with one attached hydrogen (secondary N) is 1. The number of hydrogen-bond donors (Lipinski definition) is 2. The normalized spacial score (nSPS) is 16.3. The van der Waals surface area contributed by atoms with Crippen LogP contribution in [0.3, 0.4) is 0 Å². The van der Waals surface area contributed by atoms with Gasteiger partial charge in [0.05, 0.1) is 11.6 Å². The molecule has 1 aliphatic rings. The lowest BCUT2D eigenvalue weighted by Crippen LogP contribution is -2.45. The summed E-state index contributed by atoms with van der Waals surface area (Å²) in [4.78, 5) is 23.8. The minimum absolute atomic E-state index is 0.0233. The van der Waals surface area contributed by atoms with Crippen LogP contribution in [-0.4, -0.2) is 38.5 Å². The van der Waals surface area contributed by atoms with Gasteiger partial charge >= 0.3 is 5.97 Å². The standard InChI is InChI=1S/C18H22N4O3/c23-16(19-13-18(17(24)25)9-5-2-6-10-18)12-22-11-15(20-21-22)14-7-3-1-4-8-14/h1,3-4,7-8,11H,2,5-6,9-10,12-13H2,(H,19,23)(H,24,25). The molecule has 1 aromatic heterocycles. The van der Waals surface area contributed by atoms with Gasteiger partial charge in [-0.25, -0.2) is 4.68 Å². The fourth-order valence-electron chi connectivity index (χ4n) is 3.28. The second-order valence-electron chi connectivity index (χ2n) is 6.59. The zero-order chi connectivity index (χ0) is 17.7. The molecule has 0 aliphatic heterocycles.